The smallest absolute Gasteiger partial charge is 0.277 e. The highest BCUT2D eigenvalue weighted by molar-refractivity contribution is 9.10. The van der Waals surface area contributed by atoms with Gasteiger partial charge in [0.2, 0.25) is 0 Å². The average Bonchev–Trinajstić information content (AvgIpc) is 3.05. The number of hydrogen-bond donors (Lipinski definition) is 2. The van der Waals surface area contributed by atoms with E-state index in [1.54, 1.807) is 25.1 Å². The van der Waals surface area contributed by atoms with Gasteiger partial charge in [-0.05, 0) is 52.7 Å². The van der Waals surface area contributed by atoms with E-state index in [4.69, 9.17) is 23.2 Å². The van der Waals surface area contributed by atoms with E-state index in [9.17, 15) is 9.59 Å². The molecule has 2 aromatic heterocycles. The van der Waals surface area contributed by atoms with Crippen molar-refractivity contribution in [1.82, 2.24) is 20.2 Å². The third-order valence-corrected chi connectivity index (χ3v) is 4.73. The van der Waals surface area contributed by atoms with Crippen molar-refractivity contribution in [3.8, 4) is 5.82 Å². The van der Waals surface area contributed by atoms with Crippen molar-refractivity contribution in [2.75, 3.05) is 12.4 Å². The SMILES string of the molecule is CONC(=O)c1cc(Cl)cc(C)c1NC(=O)c1cc(Br)nn1-c1ncccc1Cl. The molecule has 0 bridgehead atoms. The zero-order valence-electron chi connectivity index (χ0n) is 15.2. The predicted molar refractivity (Wildman–Crippen MR) is 113 cm³/mol. The molecule has 8 nitrogen and oxygen atoms in total. The van der Waals surface area contributed by atoms with Crippen LogP contribution in [0.4, 0.5) is 5.69 Å². The van der Waals surface area contributed by atoms with Crippen molar-refractivity contribution in [3.05, 3.63) is 68.0 Å². The molecule has 150 valence electrons. The third-order valence-electron chi connectivity index (χ3n) is 3.83. The largest absolute Gasteiger partial charge is 0.320 e. The van der Waals surface area contributed by atoms with E-state index in [0.29, 0.717) is 20.2 Å². The number of rotatable bonds is 5. The lowest BCUT2D eigenvalue weighted by molar-refractivity contribution is 0.0538. The van der Waals surface area contributed by atoms with Gasteiger partial charge in [0.05, 0.1) is 23.4 Å². The fraction of sp³-hybridized carbons (Fsp3) is 0.111. The normalized spacial score (nSPS) is 10.7. The van der Waals surface area contributed by atoms with E-state index < -0.39 is 11.8 Å². The Hall–Kier alpha value is -2.46. The van der Waals surface area contributed by atoms with Crippen LogP contribution in [0.25, 0.3) is 5.82 Å². The Balaban J connectivity index is 2.03. The van der Waals surface area contributed by atoms with Gasteiger partial charge in [-0.1, -0.05) is 23.2 Å². The maximum Gasteiger partial charge on any atom is 0.277 e. The molecule has 2 N–H and O–H groups in total. The van der Waals surface area contributed by atoms with E-state index in [1.807, 2.05) is 0 Å². The Morgan fingerprint density at radius 2 is 1.97 bits per heavy atom. The van der Waals surface area contributed by atoms with Gasteiger partial charge in [0.25, 0.3) is 11.8 Å². The summed E-state index contributed by atoms with van der Waals surface area (Å²) in [6.07, 6.45) is 1.54. The Kier molecular flexibility index (Phi) is 6.53. The maximum absolute atomic E-state index is 13.0. The number of carbonyl (C=O) groups excluding carboxylic acids is 2. The van der Waals surface area contributed by atoms with Gasteiger partial charge in [0, 0.05) is 17.3 Å². The van der Waals surface area contributed by atoms with Gasteiger partial charge in [0.15, 0.2) is 5.82 Å². The zero-order valence-corrected chi connectivity index (χ0v) is 18.3. The van der Waals surface area contributed by atoms with Crippen LogP contribution in [0.15, 0.2) is 41.1 Å². The van der Waals surface area contributed by atoms with E-state index in [2.05, 4.69) is 41.6 Å². The molecule has 0 spiro atoms. The highest BCUT2D eigenvalue weighted by Gasteiger charge is 2.22. The van der Waals surface area contributed by atoms with Crippen LogP contribution in [0.1, 0.15) is 26.4 Å². The molecular formula is C18H14BrCl2N5O3. The number of aryl methyl sites for hydroxylation is 1. The second-order valence-corrected chi connectivity index (χ2v) is 7.46. The van der Waals surface area contributed by atoms with Gasteiger partial charge in [-0.2, -0.15) is 5.10 Å². The first-order valence-corrected chi connectivity index (χ1v) is 9.68. The summed E-state index contributed by atoms with van der Waals surface area (Å²) in [5.41, 5.74) is 3.39. The van der Waals surface area contributed by atoms with E-state index in [-0.39, 0.29) is 22.8 Å². The predicted octanol–water partition coefficient (Wildman–Crippen LogP) is 4.19. The van der Waals surface area contributed by atoms with E-state index >= 15 is 0 Å². The van der Waals surface area contributed by atoms with Gasteiger partial charge in [-0.3, -0.25) is 14.4 Å². The zero-order chi connectivity index (χ0) is 21.1. The summed E-state index contributed by atoms with van der Waals surface area (Å²) in [7, 11) is 1.31. The number of halogens is 3. The quantitative estimate of drug-likeness (QED) is 0.514. The molecule has 0 aliphatic carbocycles. The number of hydrogen-bond acceptors (Lipinski definition) is 5. The molecular weight excluding hydrogens is 485 g/mol. The molecule has 0 atom stereocenters. The molecule has 0 saturated carbocycles. The molecule has 0 saturated heterocycles. The van der Waals surface area contributed by atoms with Crippen molar-refractivity contribution >= 4 is 56.6 Å². The molecule has 0 aliphatic rings. The Morgan fingerprint density at radius 1 is 1.21 bits per heavy atom. The second kappa shape index (κ2) is 8.91. The van der Waals surface area contributed by atoms with Crippen molar-refractivity contribution in [1.29, 1.82) is 0 Å². The maximum atomic E-state index is 13.0. The van der Waals surface area contributed by atoms with Crippen LogP contribution in [0.3, 0.4) is 0 Å². The number of nitrogens with zero attached hydrogens (tertiary/aromatic N) is 3. The molecule has 1 aromatic carbocycles. The summed E-state index contributed by atoms with van der Waals surface area (Å²) >= 11 is 15.5. The van der Waals surface area contributed by atoms with Crippen molar-refractivity contribution in [2.24, 2.45) is 0 Å². The van der Waals surface area contributed by atoms with Crippen molar-refractivity contribution in [2.45, 2.75) is 6.92 Å². The fourth-order valence-electron chi connectivity index (χ4n) is 2.62. The summed E-state index contributed by atoms with van der Waals surface area (Å²) < 4.78 is 1.72. The number of anilines is 1. The highest BCUT2D eigenvalue weighted by Crippen LogP contribution is 2.27. The monoisotopic (exact) mass is 497 g/mol. The fourth-order valence-corrected chi connectivity index (χ4v) is 3.47. The molecule has 0 aliphatic heterocycles. The number of benzene rings is 1. The Morgan fingerprint density at radius 3 is 2.66 bits per heavy atom. The molecule has 3 rings (SSSR count). The highest BCUT2D eigenvalue weighted by atomic mass is 79.9. The molecule has 3 aromatic rings. The molecule has 29 heavy (non-hydrogen) atoms. The average molecular weight is 499 g/mol. The lowest BCUT2D eigenvalue weighted by Gasteiger charge is -2.15. The van der Waals surface area contributed by atoms with Crippen molar-refractivity contribution in [3.63, 3.8) is 0 Å². The molecule has 0 radical (unpaired) electrons. The molecule has 2 amide bonds. The summed E-state index contributed by atoms with van der Waals surface area (Å²) in [5.74, 6) is -0.798. The van der Waals surface area contributed by atoms with Crippen LogP contribution in [0.2, 0.25) is 10.0 Å². The number of pyridine rings is 1. The van der Waals surface area contributed by atoms with Crippen LogP contribution in [-0.2, 0) is 4.84 Å². The Bertz CT molecular complexity index is 1100. The number of amides is 2. The lowest BCUT2D eigenvalue weighted by atomic mass is 10.1. The summed E-state index contributed by atoms with van der Waals surface area (Å²) in [5, 5.41) is 7.63. The van der Waals surface area contributed by atoms with Gasteiger partial charge in [-0.25, -0.2) is 15.1 Å². The topological polar surface area (TPSA) is 98.1 Å². The number of carbonyl (C=O) groups is 2. The lowest BCUT2D eigenvalue weighted by Crippen LogP contribution is -2.25. The minimum atomic E-state index is -0.559. The van der Waals surface area contributed by atoms with Gasteiger partial charge in [-0.15, -0.1) is 0 Å². The van der Waals surface area contributed by atoms with Crippen LogP contribution in [-0.4, -0.2) is 33.7 Å². The van der Waals surface area contributed by atoms with E-state index in [1.165, 1.54) is 30.1 Å². The van der Waals surface area contributed by atoms with Crippen LogP contribution < -0.4 is 10.8 Å². The third kappa shape index (κ3) is 4.59. The first-order chi connectivity index (χ1) is 13.8. The van der Waals surface area contributed by atoms with Crippen LogP contribution in [0.5, 0.6) is 0 Å². The van der Waals surface area contributed by atoms with Crippen LogP contribution in [0, 0.1) is 6.92 Å². The number of nitrogens with one attached hydrogen (secondary N) is 2. The van der Waals surface area contributed by atoms with Crippen molar-refractivity contribution < 1.29 is 14.4 Å². The molecule has 0 unspecified atom stereocenters. The van der Waals surface area contributed by atoms with Gasteiger partial charge in [0.1, 0.15) is 10.3 Å². The standard InChI is InChI=1S/C18H14BrCl2N5O3/c1-9-6-10(20)7-11(17(27)25-29-2)15(9)23-18(28)13-8-14(19)24-26(13)16-12(21)4-3-5-22-16/h3-8H,1-2H3,(H,23,28)(H,25,27). The second-order valence-electron chi connectivity index (χ2n) is 5.81. The minimum absolute atomic E-state index is 0.145. The molecule has 2 heterocycles. The van der Waals surface area contributed by atoms with Gasteiger partial charge < -0.3 is 5.32 Å². The summed E-state index contributed by atoms with van der Waals surface area (Å²) in [4.78, 5) is 34.2. The number of hydroxylamine groups is 1. The number of aromatic nitrogens is 3. The Labute approximate surface area is 184 Å². The summed E-state index contributed by atoms with van der Waals surface area (Å²) in [6.45, 7) is 1.72. The van der Waals surface area contributed by atoms with Crippen LogP contribution >= 0.6 is 39.1 Å². The van der Waals surface area contributed by atoms with E-state index in [0.717, 1.165) is 0 Å². The first kappa shape index (κ1) is 21.3. The first-order valence-electron chi connectivity index (χ1n) is 8.13. The van der Waals surface area contributed by atoms with Gasteiger partial charge >= 0.3 is 0 Å². The summed E-state index contributed by atoms with van der Waals surface area (Å²) in [6, 6.07) is 7.88. The minimum Gasteiger partial charge on any atom is -0.320 e. The molecule has 11 heteroatoms. The molecule has 0 fully saturated rings.